The minimum Gasteiger partial charge on any atom is -0.348 e. The normalized spacial score (nSPS) is 18.8. The summed E-state index contributed by atoms with van der Waals surface area (Å²) in [6, 6.07) is 0.430. The SMILES string of the molecule is CCCNC(C)c1cnc(N2CCC(CC)CC2)s1. The van der Waals surface area contributed by atoms with Crippen LogP contribution in [-0.4, -0.2) is 24.6 Å². The number of rotatable bonds is 6. The number of nitrogens with one attached hydrogen (secondary N) is 1. The van der Waals surface area contributed by atoms with Gasteiger partial charge in [-0.2, -0.15) is 0 Å². The molecule has 19 heavy (non-hydrogen) atoms. The molecule has 0 saturated carbocycles. The van der Waals surface area contributed by atoms with Crippen LogP contribution in [0, 0.1) is 5.92 Å². The lowest BCUT2D eigenvalue weighted by molar-refractivity contribution is 0.395. The third kappa shape index (κ3) is 3.93. The predicted octanol–water partition coefficient (Wildman–Crippen LogP) is 3.83. The maximum absolute atomic E-state index is 4.62. The molecule has 1 aliphatic heterocycles. The van der Waals surface area contributed by atoms with Crippen LogP contribution in [0.5, 0.6) is 0 Å². The van der Waals surface area contributed by atoms with Crippen LogP contribution >= 0.6 is 11.3 Å². The van der Waals surface area contributed by atoms with Crippen molar-refractivity contribution in [3.05, 3.63) is 11.1 Å². The number of piperidine rings is 1. The van der Waals surface area contributed by atoms with Gasteiger partial charge in [-0.05, 0) is 38.6 Å². The topological polar surface area (TPSA) is 28.2 Å². The van der Waals surface area contributed by atoms with Crippen LogP contribution in [0.2, 0.25) is 0 Å². The van der Waals surface area contributed by atoms with Gasteiger partial charge in [0, 0.05) is 30.2 Å². The maximum atomic E-state index is 4.62. The second-order valence-corrected chi connectivity index (χ2v) is 6.60. The molecule has 1 aliphatic rings. The molecule has 0 spiro atoms. The van der Waals surface area contributed by atoms with E-state index in [2.05, 4.69) is 42.2 Å². The number of aromatic nitrogens is 1. The van der Waals surface area contributed by atoms with Crippen LogP contribution < -0.4 is 10.2 Å². The number of hydrogen-bond donors (Lipinski definition) is 1. The Kier molecular flexibility index (Phi) is 5.64. The van der Waals surface area contributed by atoms with Crippen LogP contribution in [0.15, 0.2) is 6.20 Å². The first kappa shape index (κ1) is 14.8. The van der Waals surface area contributed by atoms with E-state index in [0.717, 1.165) is 12.5 Å². The first-order valence-electron chi connectivity index (χ1n) is 7.68. The highest BCUT2D eigenvalue weighted by Crippen LogP contribution is 2.30. The van der Waals surface area contributed by atoms with Crippen LogP contribution in [0.1, 0.15) is 57.4 Å². The zero-order valence-electron chi connectivity index (χ0n) is 12.5. The van der Waals surface area contributed by atoms with Crippen molar-refractivity contribution < 1.29 is 0 Å². The second-order valence-electron chi connectivity index (χ2n) is 5.56. The molecule has 1 N–H and O–H groups in total. The standard InChI is InChI=1S/C15H27N3S/c1-4-8-16-12(3)14-11-17-15(19-14)18-9-6-13(5-2)7-10-18/h11-13,16H,4-10H2,1-3H3. The lowest BCUT2D eigenvalue weighted by Crippen LogP contribution is -2.33. The Morgan fingerprint density at radius 1 is 1.42 bits per heavy atom. The molecule has 0 aromatic carbocycles. The van der Waals surface area contributed by atoms with Crippen molar-refractivity contribution >= 4 is 16.5 Å². The smallest absolute Gasteiger partial charge is 0.185 e. The highest BCUT2D eigenvalue weighted by molar-refractivity contribution is 7.15. The molecule has 1 aromatic rings. The fraction of sp³-hybridized carbons (Fsp3) is 0.800. The van der Waals surface area contributed by atoms with Crippen molar-refractivity contribution in [1.29, 1.82) is 0 Å². The fourth-order valence-electron chi connectivity index (χ4n) is 2.62. The Labute approximate surface area is 121 Å². The fourth-order valence-corrected chi connectivity index (χ4v) is 3.61. The van der Waals surface area contributed by atoms with Gasteiger partial charge in [-0.1, -0.05) is 20.3 Å². The number of anilines is 1. The van der Waals surface area contributed by atoms with Gasteiger partial charge in [-0.25, -0.2) is 4.98 Å². The molecule has 2 heterocycles. The van der Waals surface area contributed by atoms with Crippen LogP contribution in [-0.2, 0) is 0 Å². The van der Waals surface area contributed by atoms with Gasteiger partial charge in [0.1, 0.15) is 0 Å². The van der Waals surface area contributed by atoms with E-state index in [9.17, 15) is 0 Å². The Morgan fingerprint density at radius 2 is 2.16 bits per heavy atom. The predicted molar refractivity (Wildman–Crippen MR) is 84.1 cm³/mol. The third-order valence-corrected chi connectivity index (χ3v) is 5.34. The van der Waals surface area contributed by atoms with E-state index in [0.29, 0.717) is 6.04 Å². The number of nitrogens with zero attached hydrogens (tertiary/aromatic N) is 2. The first-order valence-corrected chi connectivity index (χ1v) is 8.50. The Morgan fingerprint density at radius 3 is 2.79 bits per heavy atom. The monoisotopic (exact) mass is 281 g/mol. The molecule has 0 amide bonds. The lowest BCUT2D eigenvalue weighted by Gasteiger charge is -2.31. The van der Waals surface area contributed by atoms with E-state index in [-0.39, 0.29) is 0 Å². The summed E-state index contributed by atoms with van der Waals surface area (Å²) in [4.78, 5) is 8.45. The van der Waals surface area contributed by atoms with Crippen molar-refractivity contribution in [3.63, 3.8) is 0 Å². The summed E-state index contributed by atoms with van der Waals surface area (Å²) in [7, 11) is 0. The van der Waals surface area contributed by atoms with Crippen molar-refractivity contribution in [2.45, 2.75) is 52.5 Å². The quantitative estimate of drug-likeness (QED) is 0.859. The zero-order valence-corrected chi connectivity index (χ0v) is 13.3. The summed E-state index contributed by atoms with van der Waals surface area (Å²) in [6.07, 6.45) is 7.22. The van der Waals surface area contributed by atoms with Crippen molar-refractivity contribution in [2.75, 3.05) is 24.5 Å². The van der Waals surface area contributed by atoms with E-state index in [4.69, 9.17) is 0 Å². The summed E-state index contributed by atoms with van der Waals surface area (Å²) >= 11 is 1.86. The van der Waals surface area contributed by atoms with E-state index in [1.807, 2.05) is 11.3 Å². The molecule has 1 unspecified atom stereocenters. The zero-order chi connectivity index (χ0) is 13.7. The van der Waals surface area contributed by atoms with Crippen molar-refractivity contribution in [3.8, 4) is 0 Å². The number of hydrogen-bond acceptors (Lipinski definition) is 4. The minimum atomic E-state index is 0.430. The van der Waals surface area contributed by atoms with E-state index >= 15 is 0 Å². The molecule has 1 fully saturated rings. The molecule has 108 valence electrons. The molecule has 2 rings (SSSR count). The van der Waals surface area contributed by atoms with Crippen LogP contribution in [0.25, 0.3) is 0 Å². The van der Waals surface area contributed by atoms with Crippen molar-refractivity contribution in [2.24, 2.45) is 5.92 Å². The summed E-state index contributed by atoms with van der Waals surface area (Å²) in [5.41, 5.74) is 0. The molecule has 0 aliphatic carbocycles. The van der Waals surface area contributed by atoms with E-state index in [1.165, 1.54) is 48.8 Å². The molecule has 0 radical (unpaired) electrons. The van der Waals surface area contributed by atoms with Gasteiger partial charge >= 0.3 is 0 Å². The summed E-state index contributed by atoms with van der Waals surface area (Å²) < 4.78 is 0. The third-order valence-electron chi connectivity index (χ3n) is 4.10. The highest BCUT2D eigenvalue weighted by Gasteiger charge is 2.20. The minimum absolute atomic E-state index is 0.430. The van der Waals surface area contributed by atoms with E-state index < -0.39 is 0 Å². The number of thiazole rings is 1. The Bertz CT molecular complexity index is 369. The van der Waals surface area contributed by atoms with Crippen molar-refractivity contribution in [1.82, 2.24) is 10.3 Å². The molecule has 4 heteroatoms. The molecule has 1 aromatic heterocycles. The Hall–Kier alpha value is -0.610. The van der Waals surface area contributed by atoms with Gasteiger partial charge in [0.15, 0.2) is 5.13 Å². The van der Waals surface area contributed by atoms with Crippen LogP contribution in [0.4, 0.5) is 5.13 Å². The molecular formula is C15H27N3S. The Balaban J connectivity index is 1.90. The summed E-state index contributed by atoms with van der Waals surface area (Å²) in [5, 5.41) is 4.75. The van der Waals surface area contributed by atoms with Gasteiger partial charge in [0.2, 0.25) is 0 Å². The summed E-state index contributed by atoms with van der Waals surface area (Å²) in [5.74, 6) is 0.931. The van der Waals surface area contributed by atoms with E-state index in [1.54, 1.807) is 0 Å². The van der Waals surface area contributed by atoms with Gasteiger partial charge in [0.25, 0.3) is 0 Å². The average molecular weight is 281 g/mol. The second kappa shape index (κ2) is 7.25. The van der Waals surface area contributed by atoms with Gasteiger partial charge < -0.3 is 10.2 Å². The molecule has 1 atom stereocenters. The van der Waals surface area contributed by atoms with Gasteiger partial charge in [0.05, 0.1) is 0 Å². The first-order chi connectivity index (χ1) is 9.24. The van der Waals surface area contributed by atoms with Gasteiger partial charge in [-0.3, -0.25) is 0 Å². The molecule has 0 bridgehead atoms. The van der Waals surface area contributed by atoms with Crippen LogP contribution in [0.3, 0.4) is 0 Å². The molecular weight excluding hydrogens is 254 g/mol. The molecule has 3 nitrogen and oxygen atoms in total. The van der Waals surface area contributed by atoms with Gasteiger partial charge in [-0.15, -0.1) is 11.3 Å². The lowest BCUT2D eigenvalue weighted by atomic mass is 9.95. The highest BCUT2D eigenvalue weighted by atomic mass is 32.1. The average Bonchev–Trinajstić information content (AvgIpc) is 2.94. The largest absolute Gasteiger partial charge is 0.348 e. The summed E-state index contributed by atoms with van der Waals surface area (Å²) in [6.45, 7) is 10.2. The maximum Gasteiger partial charge on any atom is 0.185 e. The molecule has 1 saturated heterocycles.